The van der Waals surface area contributed by atoms with Gasteiger partial charge in [-0.2, -0.15) is 0 Å². The molecule has 1 aromatic carbocycles. The number of aromatic nitrogens is 1. The molecule has 0 spiro atoms. The Hall–Kier alpha value is -0.910. The number of nitrogens with zero attached hydrogens (tertiary/aromatic N) is 2. The zero-order valence-corrected chi connectivity index (χ0v) is 14.2. The van der Waals surface area contributed by atoms with Crippen molar-refractivity contribution in [2.24, 2.45) is 0 Å². The number of anilines is 1. The highest BCUT2D eigenvalue weighted by Gasteiger charge is 2.13. The zero-order chi connectivity index (χ0) is 14.5. The first-order valence-electron chi connectivity index (χ1n) is 6.69. The lowest BCUT2D eigenvalue weighted by Gasteiger charge is -2.15. The van der Waals surface area contributed by atoms with Crippen molar-refractivity contribution >= 4 is 32.4 Å². The van der Waals surface area contributed by atoms with Crippen LogP contribution in [0.2, 0.25) is 0 Å². The van der Waals surface area contributed by atoms with Gasteiger partial charge in [0.05, 0.1) is 17.2 Å². The van der Waals surface area contributed by atoms with E-state index in [1.54, 1.807) is 11.3 Å². The molecule has 1 aromatic heterocycles. The van der Waals surface area contributed by atoms with Gasteiger partial charge in [0.15, 0.2) is 5.13 Å². The number of benzene rings is 1. The second-order valence-corrected chi connectivity index (χ2v) is 6.74. The van der Waals surface area contributed by atoms with E-state index in [1.807, 2.05) is 19.2 Å². The van der Waals surface area contributed by atoms with Crippen molar-refractivity contribution < 1.29 is 5.11 Å². The van der Waals surface area contributed by atoms with E-state index in [0.29, 0.717) is 0 Å². The highest BCUT2D eigenvalue weighted by molar-refractivity contribution is 9.10. The fourth-order valence-corrected chi connectivity index (χ4v) is 3.44. The predicted octanol–water partition coefficient (Wildman–Crippen LogP) is 3.99. The van der Waals surface area contributed by atoms with Gasteiger partial charge in [0.25, 0.3) is 0 Å². The number of aliphatic hydroxyl groups excluding tert-OH is 1. The molecule has 2 rings (SSSR count). The summed E-state index contributed by atoms with van der Waals surface area (Å²) >= 11 is 5.08. The van der Waals surface area contributed by atoms with Gasteiger partial charge in [-0.3, -0.25) is 0 Å². The van der Waals surface area contributed by atoms with E-state index in [9.17, 15) is 5.11 Å². The molecule has 0 atom stereocenters. The summed E-state index contributed by atoms with van der Waals surface area (Å²) in [7, 11) is 2.04. The molecule has 0 radical (unpaired) electrons. The van der Waals surface area contributed by atoms with Crippen molar-refractivity contribution in [3.05, 3.63) is 44.9 Å². The molecule has 20 heavy (non-hydrogen) atoms. The molecule has 0 aliphatic rings. The maximum atomic E-state index is 9.41. The van der Waals surface area contributed by atoms with Crippen molar-refractivity contribution in [2.45, 2.75) is 32.9 Å². The summed E-state index contributed by atoms with van der Waals surface area (Å²) in [5.74, 6) is 0. The number of aliphatic hydroxyl groups is 1. The van der Waals surface area contributed by atoms with E-state index in [0.717, 1.165) is 39.6 Å². The molecule has 0 amide bonds. The third-order valence-electron chi connectivity index (χ3n) is 3.03. The van der Waals surface area contributed by atoms with Crippen LogP contribution in [0.15, 0.2) is 28.7 Å². The van der Waals surface area contributed by atoms with E-state index in [4.69, 9.17) is 0 Å². The quantitative estimate of drug-likeness (QED) is 0.851. The van der Waals surface area contributed by atoms with Crippen molar-refractivity contribution in [1.82, 2.24) is 4.98 Å². The Morgan fingerprint density at radius 2 is 2.20 bits per heavy atom. The molecule has 5 heteroatoms. The van der Waals surface area contributed by atoms with Gasteiger partial charge in [-0.1, -0.05) is 52.7 Å². The van der Waals surface area contributed by atoms with E-state index in [-0.39, 0.29) is 6.61 Å². The summed E-state index contributed by atoms with van der Waals surface area (Å²) in [6.07, 6.45) is 1.97. The van der Waals surface area contributed by atoms with Crippen LogP contribution in [0.5, 0.6) is 0 Å². The largest absolute Gasteiger partial charge is 0.391 e. The molecule has 3 nitrogen and oxygen atoms in total. The maximum Gasteiger partial charge on any atom is 0.185 e. The van der Waals surface area contributed by atoms with Crippen LogP contribution in [0.4, 0.5) is 5.13 Å². The average molecular weight is 355 g/mol. The number of rotatable bonds is 6. The molecule has 0 aliphatic heterocycles. The summed E-state index contributed by atoms with van der Waals surface area (Å²) in [6.45, 7) is 3.02. The monoisotopic (exact) mass is 354 g/mol. The fraction of sp³-hybridized carbons (Fsp3) is 0.400. The molecule has 0 bridgehead atoms. The highest BCUT2D eigenvalue weighted by Crippen LogP contribution is 2.28. The van der Waals surface area contributed by atoms with Crippen LogP contribution >= 0.6 is 27.3 Å². The Morgan fingerprint density at radius 1 is 1.40 bits per heavy atom. The van der Waals surface area contributed by atoms with Crippen LogP contribution < -0.4 is 4.90 Å². The Bertz CT molecular complexity index is 571. The first kappa shape index (κ1) is 15.5. The van der Waals surface area contributed by atoms with Gasteiger partial charge in [-0.15, -0.1) is 0 Å². The van der Waals surface area contributed by atoms with Crippen molar-refractivity contribution in [2.75, 3.05) is 11.9 Å². The lowest BCUT2D eigenvalue weighted by Crippen LogP contribution is -2.16. The van der Waals surface area contributed by atoms with Crippen LogP contribution in [-0.2, 0) is 19.6 Å². The third-order valence-corrected chi connectivity index (χ3v) is 4.72. The van der Waals surface area contributed by atoms with Crippen LogP contribution in [-0.4, -0.2) is 17.1 Å². The second-order valence-electron chi connectivity index (χ2n) is 4.76. The highest BCUT2D eigenvalue weighted by atomic mass is 79.9. The Morgan fingerprint density at radius 3 is 2.85 bits per heavy atom. The molecular formula is C15H19BrN2OS. The van der Waals surface area contributed by atoms with E-state index >= 15 is 0 Å². The minimum Gasteiger partial charge on any atom is -0.391 e. The predicted molar refractivity (Wildman–Crippen MR) is 88.3 cm³/mol. The SMILES string of the molecule is CCCc1nc(N(C)Cc2cccc(Br)c2)sc1CO. The number of aryl methyl sites for hydroxylation is 1. The van der Waals surface area contributed by atoms with Crippen molar-refractivity contribution in [1.29, 1.82) is 0 Å². The molecule has 0 saturated carbocycles. The van der Waals surface area contributed by atoms with Gasteiger partial charge >= 0.3 is 0 Å². The molecule has 2 aromatic rings. The van der Waals surface area contributed by atoms with Crippen LogP contribution in [0.3, 0.4) is 0 Å². The van der Waals surface area contributed by atoms with E-state index in [1.165, 1.54) is 5.56 Å². The van der Waals surface area contributed by atoms with Gasteiger partial charge < -0.3 is 10.0 Å². The Labute approximate surface area is 132 Å². The molecule has 0 saturated heterocycles. The standard InChI is InChI=1S/C15H19BrN2OS/c1-3-5-13-14(10-19)20-15(17-13)18(2)9-11-6-4-7-12(16)8-11/h4,6-8,19H,3,5,9-10H2,1-2H3. The summed E-state index contributed by atoms with van der Waals surface area (Å²) in [5, 5.41) is 10.4. The van der Waals surface area contributed by atoms with Crippen molar-refractivity contribution in [3.63, 3.8) is 0 Å². The van der Waals surface area contributed by atoms with Crippen LogP contribution in [0.1, 0.15) is 29.5 Å². The molecule has 0 fully saturated rings. The van der Waals surface area contributed by atoms with Gasteiger partial charge in [-0.25, -0.2) is 4.98 Å². The van der Waals surface area contributed by atoms with Crippen LogP contribution in [0.25, 0.3) is 0 Å². The lowest BCUT2D eigenvalue weighted by molar-refractivity contribution is 0.284. The van der Waals surface area contributed by atoms with Gasteiger partial charge in [-0.05, 0) is 24.1 Å². The second kappa shape index (κ2) is 7.20. The summed E-state index contributed by atoms with van der Waals surface area (Å²) in [6, 6.07) is 8.28. The minimum atomic E-state index is 0.0811. The average Bonchev–Trinajstić information content (AvgIpc) is 2.82. The minimum absolute atomic E-state index is 0.0811. The molecule has 108 valence electrons. The van der Waals surface area contributed by atoms with Gasteiger partial charge in [0.2, 0.25) is 0 Å². The van der Waals surface area contributed by atoms with Gasteiger partial charge in [0.1, 0.15) is 0 Å². The third kappa shape index (κ3) is 3.81. The van der Waals surface area contributed by atoms with E-state index < -0.39 is 0 Å². The number of hydrogen-bond acceptors (Lipinski definition) is 4. The molecule has 1 heterocycles. The summed E-state index contributed by atoms with van der Waals surface area (Å²) in [4.78, 5) is 7.78. The lowest BCUT2D eigenvalue weighted by atomic mass is 10.2. The summed E-state index contributed by atoms with van der Waals surface area (Å²) in [5.41, 5.74) is 2.27. The normalized spacial score (nSPS) is 10.8. The van der Waals surface area contributed by atoms with Crippen LogP contribution in [0, 0.1) is 0 Å². The first-order chi connectivity index (χ1) is 9.63. The Kier molecular flexibility index (Phi) is 5.57. The topological polar surface area (TPSA) is 36.4 Å². The number of thiazole rings is 1. The molecule has 0 aliphatic carbocycles. The molecular weight excluding hydrogens is 336 g/mol. The fourth-order valence-electron chi connectivity index (χ4n) is 2.07. The number of hydrogen-bond donors (Lipinski definition) is 1. The smallest absolute Gasteiger partial charge is 0.185 e. The number of halogens is 1. The summed E-state index contributed by atoms with van der Waals surface area (Å²) < 4.78 is 1.09. The first-order valence-corrected chi connectivity index (χ1v) is 8.30. The zero-order valence-electron chi connectivity index (χ0n) is 11.8. The molecule has 1 N–H and O–H groups in total. The maximum absolute atomic E-state index is 9.41. The molecule has 0 unspecified atom stereocenters. The van der Waals surface area contributed by atoms with E-state index in [2.05, 4.69) is 44.9 Å². The van der Waals surface area contributed by atoms with Crippen molar-refractivity contribution in [3.8, 4) is 0 Å². The Balaban J connectivity index is 2.14. The van der Waals surface area contributed by atoms with Gasteiger partial charge in [0, 0.05) is 18.1 Å².